The van der Waals surface area contributed by atoms with E-state index in [0.717, 1.165) is 11.1 Å². The first-order chi connectivity index (χ1) is 14.1. The SMILES string of the molecule is C=C(NNP1(=O)C=C(c2ccccc2)OC(c2ccccc2)=C1)c1ccccn1. The molecule has 0 fully saturated rings. The Bertz CT molecular complexity index is 1050. The van der Waals surface area contributed by atoms with Crippen molar-refractivity contribution >= 4 is 24.5 Å². The van der Waals surface area contributed by atoms with Crippen LogP contribution < -0.4 is 10.6 Å². The molecule has 0 amide bonds. The molecule has 1 aliphatic heterocycles. The van der Waals surface area contributed by atoms with Gasteiger partial charge in [0.25, 0.3) is 0 Å². The Labute approximate surface area is 169 Å². The molecule has 0 atom stereocenters. The molecule has 1 aliphatic rings. The molecular weight excluding hydrogens is 381 g/mol. The largest absolute Gasteiger partial charge is 0.456 e. The fraction of sp³-hybridized carbons (Fsp3) is 0. The summed E-state index contributed by atoms with van der Waals surface area (Å²) in [7, 11) is -3.13. The topological polar surface area (TPSA) is 63.2 Å². The van der Waals surface area contributed by atoms with Crippen molar-refractivity contribution in [2.45, 2.75) is 0 Å². The minimum absolute atomic E-state index is 0.525. The monoisotopic (exact) mass is 401 g/mol. The first-order valence-corrected chi connectivity index (χ1v) is 10.9. The number of hydrogen-bond acceptors (Lipinski definition) is 4. The van der Waals surface area contributed by atoms with Crippen LogP contribution in [0.2, 0.25) is 0 Å². The molecule has 0 bridgehead atoms. The third-order valence-corrected chi connectivity index (χ3v) is 6.01. The normalized spacial score (nSPS) is 14.9. The number of ether oxygens (including phenoxy) is 1. The molecular formula is C23H20N3O2P. The summed E-state index contributed by atoms with van der Waals surface area (Å²) in [4.78, 5) is 4.24. The number of rotatable bonds is 6. The molecule has 0 saturated carbocycles. The molecule has 4 rings (SSSR count). The number of pyridine rings is 1. The predicted molar refractivity (Wildman–Crippen MR) is 117 cm³/mol. The van der Waals surface area contributed by atoms with Gasteiger partial charge in [0.05, 0.1) is 11.4 Å². The van der Waals surface area contributed by atoms with Crippen molar-refractivity contribution in [2.24, 2.45) is 0 Å². The fourth-order valence-electron chi connectivity index (χ4n) is 2.85. The van der Waals surface area contributed by atoms with Crippen LogP contribution in [0.1, 0.15) is 16.8 Å². The van der Waals surface area contributed by atoms with Crippen LogP contribution in [0.4, 0.5) is 0 Å². The second kappa shape index (κ2) is 8.31. The van der Waals surface area contributed by atoms with Crippen molar-refractivity contribution in [3.63, 3.8) is 0 Å². The van der Waals surface area contributed by atoms with Crippen molar-refractivity contribution in [2.75, 3.05) is 0 Å². The molecule has 29 heavy (non-hydrogen) atoms. The molecule has 0 aliphatic carbocycles. The molecule has 0 saturated heterocycles. The Morgan fingerprint density at radius 1 is 0.828 bits per heavy atom. The van der Waals surface area contributed by atoms with Crippen LogP contribution in [-0.2, 0) is 9.30 Å². The van der Waals surface area contributed by atoms with Crippen molar-refractivity contribution in [3.8, 4) is 0 Å². The molecule has 0 unspecified atom stereocenters. The van der Waals surface area contributed by atoms with E-state index >= 15 is 0 Å². The van der Waals surface area contributed by atoms with Crippen LogP contribution in [0.15, 0.2) is 103 Å². The quantitative estimate of drug-likeness (QED) is 0.425. The van der Waals surface area contributed by atoms with Crippen LogP contribution in [0, 0.1) is 0 Å². The average Bonchev–Trinajstić information content (AvgIpc) is 2.79. The van der Waals surface area contributed by atoms with Crippen molar-refractivity contribution in [1.29, 1.82) is 0 Å². The number of hydrazine groups is 1. The maximum absolute atomic E-state index is 13.7. The van der Waals surface area contributed by atoms with Gasteiger partial charge in [-0.05, 0) is 12.1 Å². The van der Waals surface area contributed by atoms with Crippen molar-refractivity contribution < 1.29 is 9.30 Å². The third kappa shape index (κ3) is 4.54. The Balaban J connectivity index is 1.64. The van der Waals surface area contributed by atoms with E-state index < -0.39 is 7.29 Å². The average molecular weight is 401 g/mol. The minimum atomic E-state index is -3.13. The molecule has 6 heteroatoms. The highest BCUT2D eigenvalue weighted by Crippen LogP contribution is 2.52. The van der Waals surface area contributed by atoms with Crippen LogP contribution in [0.25, 0.3) is 17.2 Å². The Morgan fingerprint density at radius 3 is 1.90 bits per heavy atom. The van der Waals surface area contributed by atoms with Gasteiger partial charge in [0.15, 0.2) is 0 Å². The molecule has 144 valence electrons. The van der Waals surface area contributed by atoms with Crippen LogP contribution in [0.3, 0.4) is 0 Å². The lowest BCUT2D eigenvalue weighted by Gasteiger charge is -2.24. The predicted octanol–water partition coefficient (Wildman–Crippen LogP) is 5.45. The molecule has 2 heterocycles. The first kappa shape index (κ1) is 18.9. The van der Waals surface area contributed by atoms with Crippen LogP contribution in [0.5, 0.6) is 0 Å². The zero-order chi connectivity index (χ0) is 20.1. The van der Waals surface area contributed by atoms with Gasteiger partial charge in [-0.3, -0.25) is 9.55 Å². The van der Waals surface area contributed by atoms with E-state index in [2.05, 4.69) is 22.2 Å². The number of hydrogen-bond donors (Lipinski definition) is 2. The molecule has 3 aromatic rings. The lowest BCUT2D eigenvalue weighted by Crippen LogP contribution is -2.27. The highest BCUT2D eigenvalue weighted by atomic mass is 31.2. The van der Waals surface area contributed by atoms with E-state index in [-0.39, 0.29) is 0 Å². The molecule has 2 N–H and O–H groups in total. The lowest BCUT2D eigenvalue weighted by atomic mass is 10.2. The minimum Gasteiger partial charge on any atom is -0.456 e. The molecule has 2 aromatic carbocycles. The standard InChI is InChI=1S/C23H20N3O2P/c1-18(21-14-8-9-15-24-21)25-26-29(27)16-22(19-10-4-2-5-11-19)28-23(17-29)20-12-6-3-7-13-20/h2-17,25H,1H2,(H,26,27). The molecule has 0 spiro atoms. The van der Waals surface area contributed by atoms with Crippen molar-refractivity contribution in [3.05, 3.63) is 120 Å². The molecule has 0 radical (unpaired) electrons. The van der Waals surface area contributed by atoms with Gasteiger partial charge in [-0.2, -0.15) is 5.20 Å². The Kier molecular flexibility index (Phi) is 5.43. The second-order valence-corrected chi connectivity index (χ2v) is 8.62. The summed E-state index contributed by atoms with van der Waals surface area (Å²) in [6.07, 6.45) is 1.68. The van der Waals surface area contributed by atoms with E-state index in [1.54, 1.807) is 17.8 Å². The van der Waals surface area contributed by atoms with Gasteiger partial charge in [-0.15, -0.1) is 0 Å². The number of nitrogens with zero attached hydrogens (tertiary/aromatic N) is 1. The summed E-state index contributed by atoms with van der Waals surface area (Å²) in [5.74, 6) is 4.31. The first-order valence-electron chi connectivity index (χ1n) is 9.10. The van der Waals surface area contributed by atoms with E-state index in [9.17, 15) is 4.57 Å². The van der Waals surface area contributed by atoms with Gasteiger partial charge in [0, 0.05) is 29.0 Å². The Hall–Kier alpha value is -3.40. The molecule has 5 nitrogen and oxygen atoms in total. The number of aromatic nitrogens is 1. The molecule has 1 aromatic heterocycles. The summed E-state index contributed by atoms with van der Waals surface area (Å²) in [5, 5.41) is 2.93. The van der Waals surface area contributed by atoms with Gasteiger partial charge in [0.1, 0.15) is 11.5 Å². The number of nitrogens with one attached hydrogen (secondary N) is 2. The highest BCUT2D eigenvalue weighted by Gasteiger charge is 2.27. The van der Waals surface area contributed by atoms with E-state index in [1.807, 2.05) is 78.9 Å². The second-order valence-electron chi connectivity index (χ2n) is 6.46. The fourth-order valence-corrected chi connectivity index (χ4v) is 4.47. The van der Waals surface area contributed by atoms with Gasteiger partial charge in [-0.1, -0.05) is 73.3 Å². The Morgan fingerprint density at radius 2 is 1.38 bits per heavy atom. The zero-order valence-electron chi connectivity index (χ0n) is 15.7. The third-order valence-electron chi connectivity index (χ3n) is 4.31. The van der Waals surface area contributed by atoms with Gasteiger partial charge in [0.2, 0.25) is 7.29 Å². The van der Waals surface area contributed by atoms with Crippen LogP contribution >= 0.6 is 7.29 Å². The summed E-state index contributed by atoms with van der Waals surface area (Å²) in [6, 6.07) is 24.7. The number of benzene rings is 2. The maximum Gasteiger partial charge on any atom is 0.214 e. The summed E-state index contributed by atoms with van der Waals surface area (Å²) < 4.78 is 19.8. The highest BCUT2D eigenvalue weighted by molar-refractivity contribution is 7.68. The lowest BCUT2D eigenvalue weighted by molar-refractivity contribution is 0.468. The smallest absolute Gasteiger partial charge is 0.214 e. The van der Waals surface area contributed by atoms with Crippen LogP contribution in [-0.4, -0.2) is 4.98 Å². The maximum atomic E-state index is 13.7. The summed E-state index contributed by atoms with van der Waals surface area (Å²) in [6.45, 7) is 3.96. The van der Waals surface area contributed by atoms with E-state index in [0.29, 0.717) is 22.9 Å². The van der Waals surface area contributed by atoms with Crippen molar-refractivity contribution in [1.82, 2.24) is 15.6 Å². The summed E-state index contributed by atoms with van der Waals surface area (Å²) >= 11 is 0. The van der Waals surface area contributed by atoms with E-state index in [4.69, 9.17) is 4.74 Å². The summed E-state index contributed by atoms with van der Waals surface area (Å²) in [5.41, 5.74) is 5.82. The van der Waals surface area contributed by atoms with Gasteiger partial charge in [-0.25, -0.2) is 0 Å². The van der Waals surface area contributed by atoms with Gasteiger partial charge < -0.3 is 10.2 Å². The zero-order valence-corrected chi connectivity index (χ0v) is 16.6. The van der Waals surface area contributed by atoms with E-state index in [1.165, 1.54) is 0 Å². The van der Waals surface area contributed by atoms with Gasteiger partial charge >= 0.3 is 0 Å².